The number of nitrogens with zero attached hydrogens (tertiary/aromatic N) is 1. The SMILES string of the molecule is CC(C)(C)OC(=O)NC[C@@H]1C[C@@H](O)CN1C(=O)OC(C)(C)C. The maximum atomic E-state index is 12.1. The number of aliphatic hydroxyl groups excluding tert-OH is 1. The number of carbonyl (C=O) groups excluding carboxylic acids is 2. The number of amides is 2. The van der Waals surface area contributed by atoms with Gasteiger partial charge in [-0.2, -0.15) is 0 Å². The Balaban J connectivity index is 2.56. The molecule has 7 nitrogen and oxygen atoms in total. The van der Waals surface area contributed by atoms with Crippen LogP contribution in [0, 0.1) is 0 Å². The van der Waals surface area contributed by atoms with Crippen LogP contribution in [0.1, 0.15) is 48.0 Å². The van der Waals surface area contributed by atoms with E-state index in [1.807, 2.05) is 0 Å². The summed E-state index contributed by atoms with van der Waals surface area (Å²) in [5.74, 6) is 0. The minimum absolute atomic E-state index is 0.204. The molecule has 2 N–H and O–H groups in total. The van der Waals surface area contributed by atoms with Crippen molar-refractivity contribution < 1.29 is 24.2 Å². The smallest absolute Gasteiger partial charge is 0.410 e. The highest BCUT2D eigenvalue weighted by molar-refractivity contribution is 5.70. The molecule has 0 spiro atoms. The summed E-state index contributed by atoms with van der Waals surface area (Å²) in [6, 6.07) is -0.308. The topological polar surface area (TPSA) is 88.1 Å². The molecular formula is C15H28N2O5. The molecular weight excluding hydrogens is 288 g/mol. The second kappa shape index (κ2) is 6.73. The number of hydrogen-bond donors (Lipinski definition) is 2. The Bertz CT molecular complexity index is 411. The van der Waals surface area contributed by atoms with Gasteiger partial charge in [-0.15, -0.1) is 0 Å². The van der Waals surface area contributed by atoms with Crippen molar-refractivity contribution in [1.82, 2.24) is 10.2 Å². The summed E-state index contributed by atoms with van der Waals surface area (Å²) in [5.41, 5.74) is -1.18. The van der Waals surface area contributed by atoms with Gasteiger partial charge in [0.25, 0.3) is 0 Å². The summed E-state index contributed by atoms with van der Waals surface area (Å²) < 4.78 is 10.5. The fourth-order valence-corrected chi connectivity index (χ4v) is 2.14. The summed E-state index contributed by atoms with van der Waals surface area (Å²) >= 11 is 0. The van der Waals surface area contributed by atoms with E-state index in [1.165, 1.54) is 4.90 Å². The predicted octanol–water partition coefficient (Wildman–Crippen LogP) is 1.88. The van der Waals surface area contributed by atoms with Gasteiger partial charge in [-0.25, -0.2) is 9.59 Å². The average molecular weight is 316 g/mol. The first kappa shape index (κ1) is 18.5. The normalized spacial score (nSPS) is 22.4. The van der Waals surface area contributed by atoms with Crippen molar-refractivity contribution in [2.24, 2.45) is 0 Å². The molecule has 1 heterocycles. The van der Waals surface area contributed by atoms with Crippen LogP contribution in [0.15, 0.2) is 0 Å². The fraction of sp³-hybridized carbons (Fsp3) is 0.867. The monoisotopic (exact) mass is 316 g/mol. The van der Waals surface area contributed by atoms with Crippen LogP contribution in [-0.2, 0) is 9.47 Å². The molecule has 0 saturated carbocycles. The van der Waals surface area contributed by atoms with Gasteiger partial charge in [-0.05, 0) is 48.0 Å². The molecule has 1 fully saturated rings. The van der Waals surface area contributed by atoms with Crippen LogP contribution in [-0.4, -0.2) is 58.6 Å². The Labute approximate surface area is 131 Å². The van der Waals surface area contributed by atoms with Crippen molar-refractivity contribution in [2.45, 2.75) is 71.3 Å². The largest absolute Gasteiger partial charge is 0.444 e. The lowest BCUT2D eigenvalue weighted by Crippen LogP contribution is -2.46. The number of nitrogens with one attached hydrogen (secondary N) is 1. The van der Waals surface area contributed by atoms with Crippen LogP contribution < -0.4 is 5.32 Å². The van der Waals surface area contributed by atoms with Gasteiger partial charge >= 0.3 is 12.2 Å². The van der Waals surface area contributed by atoms with E-state index in [9.17, 15) is 14.7 Å². The minimum Gasteiger partial charge on any atom is -0.444 e. The van der Waals surface area contributed by atoms with Crippen molar-refractivity contribution in [1.29, 1.82) is 0 Å². The maximum Gasteiger partial charge on any atom is 0.410 e. The summed E-state index contributed by atoms with van der Waals surface area (Å²) in [6.45, 7) is 11.1. The number of rotatable bonds is 2. The molecule has 0 aromatic rings. The van der Waals surface area contributed by atoms with E-state index < -0.39 is 29.5 Å². The lowest BCUT2D eigenvalue weighted by molar-refractivity contribution is 0.0196. The molecule has 128 valence electrons. The Hall–Kier alpha value is -1.50. The van der Waals surface area contributed by atoms with Crippen molar-refractivity contribution in [3.05, 3.63) is 0 Å². The van der Waals surface area contributed by atoms with Crippen LogP contribution in [0.3, 0.4) is 0 Å². The number of aliphatic hydroxyl groups is 1. The molecule has 0 aromatic heterocycles. The Kier molecular flexibility index (Phi) is 5.67. The van der Waals surface area contributed by atoms with Crippen LogP contribution in [0.2, 0.25) is 0 Å². The third-order valence-corrected chi connectivity index (χ3v) is 2.90. The third-order valence-electron chi connectivity index (χ3n) is 2.90. The molecule has 1 saturated heterocycles. The first-order valence-electron chi connectivity index (χ1n) is 7.52. The van der Waals surface area contributed by atoms with E-state index in [0.29, 0.717) is 6.42 Å². The molecule has 1 aliphatic rings. The lowest BCUT2D eigenvalue weighted by Gasteiger charge is -2.28. The number of carbonyl (C=O) groups is 2. The molecule has 0 bridgehead atoms. The molecule has 7 heteroatoms. The van der Waals surface area contributed by atoms with Crippen LogP contribution in [0.4, 0.5) is 9.59 Å². The Morgan fingerprint density at radius 2 is 1.68 bits per heavy atom. The average Bonchev–Trinajstić information content (AvgIpc) is 2.63. The van der Waals surface area contributed by atoms with Gasteiger partial charge in [0.2, 0.25) is 0 Å². The molecule has 2 amide bonds. The molecule has 0 unspecified atom stereocenters. The number of β-amino-alcohol motifs (C(OH)–C–C–N with tert-alkyl or cyclic N) is 1. The molecule has 1 rings (SSSR count). The van der Waals surface area contributed by atoms with Crippen molar-refractivity contribution in [2.75, 3.05) is 13.1 Å². The zero-order chi connectivity index (χ0) is 17.1. The molecule has 1 aliphatic heterocycles. The first-order chi connectivity index (χ1) is 9.87. The van der Waals surface area contributed by atoms with Gasteiger partial charge in [-0.3, -0.25) is 0 Å². The number of ether oxygens (including phenoxy) is 2. The van der Waals surface area contributed by atoms with E-state index in [2.05, 4.69) is 5.32 Å². The second-order valence-corrected chi connectivity index (χ2v) is 7.56. The maximum absolute atomic E-state index is 12.1. The molecule has 22 heavy (non-hydrogen) atoms. The molecule has 0 aliphatic carbocycles. The molecule has 2 atom stereocenters. The second-order valence-electron chi connectivity index (χ2n) is 7.56. The minimum atomic E-state index is -0.613. The third kappa shape index (κ3) is 6.51. The summed E-state index contributed by atoms with van der Waals surface area (Å²) in [5, 5.41) is 12.4. The quantitative estimate of drug-likeness (QED) is 0.812. The highest BCUT2D eigenvalue weighted by atomic mass is 16.6. The number of likely N-dealkylation sites (tertiary alicyclic amines) is 1. The van der Waals surface area contributed by atoms with E-state index in [-0.39, 0.29) is 19.1 Å². The highest BCUT2D eigenvalue weighted by Crippen LogP contribution is 2.21. The first-order valence-corrected chi connectivity index (χ1v) is 7.52. The standard InChI is InChI=1S/C15H28N2O5/c1-14(2,3)21-12(19)16-8-10-7-11(18)9-17(10)13(20)22-15(4,5)6/h10-11,18H,7-9H2,1-6H3,(H,16,19)/t10-,11+/m0/s1. The summed E-state index contributed by atoms with van der Waals surface area (Å²) in [6.07, 6.45) is -1.24. The van der Waals surface area contributed by atoms with Gasteiger partial charge in [-0.1, -0.05) is 0 Å². The fourth-order valence-electron chi connectivity index (χ4n) is 2.14. The van der Waals surface area contributed by atoms with Gasteiger partial charge in [0.15, 0.2) is 0 Å². The van der Waals surface area contributed by atoms with Crippen LogP contribution in [0.25, 0.3) is 0 Å². The highest BCUT2D eigenvalue weighted by Gasteiger charge is 2.37. The van der Waals surface area contributed by atoms with Crippen LogP contribution in [0.5, 0.6) is 0 Å². The van der Waals surface area contributed by atoms with Crippen molar-refractivity contribution >= 4 is 12.2 Å². The van der Waals surface area contributed by atoms with E-state index in [1.54, 1.807) is 41.5 Å². The Morgan fingerprint density at radius 3 is 2.18 bits per heavy atom. The van der Waals surface area contributed by atoms with Gasteiger partial charge in [0.05, 0.1) is 18.7 Å². The molecule has 0 radical (unpaired) electrons. The predicted molar refractivity (Wildman–Crippen MR) is 81.6 cm³/mol. The number of hydrogen-bond acceptors (Lipinski definition) is 5. The summed E-state index contributed by atoms with van der Waals surface area (Å²) in [7, 11) is 0. The summed E-state index contributed by atoms with van der Waals surface area (Å²) in [4.78, 5) is 25.3. The van der Waals surface area contributed by atoms with Gasteiger partial charge in [0, 0.05) is 6.54 Å². The van der Waals surface area contributed by atoms with Crippen molar-refractivity contribution in [3.63, 3.8) is 0 Å². The number of alkyl carbamates (subject to hydrolysis) is 1. The Morgan fingerprint density at radius 1 is 1.14 bits per heavy atom. The van der Waals surface area contributed by atoms with Gasteiger partial charge in [0.1, 0.15) is 11.2 Å². The molecule has 0 aromatic carbocycles. The zero-order valence-electron chi connectivity index (χ0n) is 14.3. The lowest BCUT2D eigenvalue weighted by atomic mass is 10.2. The zero-order valence-corrected chi connectivity index (χ0v) is 14.3. The van der Waals surface area contributed by atoms with Gasteiger partial charge < -0.3 is 24.8 Å². The van der Waals surface area contributed by atoms with E-state index >= 15 is 0 Å². The van der Waals surface area contributed by atoms with E-state index in [4.69, 9.17) is 9.47 Å². The van der Waals surface area contributed by atoms with E-state index in [0.717, 1.165) is 0 Å². The van der Waals surface area contributed by atoms with Crippen LogP contribution >= 0.6 is 0 Å². The van der Waals surface area contributed by atoms with Crippen molar-refractivity contribution in [3.8, 4) is 0 Å².